The van der Waals surface area contributed by atoms with Crippen LogP contribution in [0.4, 0.5) is 0 Å². The Hall–Kier alpha value is -1.89. The number of ether oxygens (including phenoxy) is 2. The molecule has 1 aromatic carbocycles. The fraction of sp³-hybridized carbons (Fsp3) is 0.529. The number of methoxy groups -OCH3 is 2. The summed E-state index contributed by atoms with van der Waals surface area (Å²) in [6.45, 7) is 1.36. The SMILES string of the molecule is COC(=O)C(C)(C1CCCC(=O)C1)S(=O)(=O)c1cccc(OC)c1. The summed E-state index contributed by atoms with van der Waals surface area (Å²) in [6, 6.07) is 5.97. The number of sulfone groups is 1. The van der Waals surface area contributed by atoms with Gasteiger partial charge in [0.2, 0.25) is 0 Å². The van der Waals surface area contributed by atoms with E-state index in [1.54, 1.807) is 12.1 Å². The molecule has 0 heterocycles. The Morgan fingerprint density at radius 3 is 2.58 bits per heavy atom. The first kappa shape index (κ1) is 18.4. The van der Waals surface area contributed by atoms with E-state index in [2.05, 4.69) is 0 Å². The van der Waals surface area contributed by atoms with E-state index in [0.29, 0.717) is 25.0 Å². The summed E-state index contributed by atoms with van der Waals surface area (Å²) in [5.41, 5.74) is 0. The van der Waals surface area contributed by atoms with E-state index >= 15 is 0 Å². The predicted molar refractivity (Wildman–Crippen MR) is 87.6 cm³/mol. The number of hydrogen-bond acceptors (Lipinski definition) is 6. The molecule has 1 aromatic rings. The molecule has 7 heteroatoms. The van der Waals surface area contributed by atoms with Gasteiger partial charge in [0.25, 0.3) is 0 Å². The first-order valence-electron chi connectivity index (χ1n) is 7.76. The van der Waals surface area contributed by atoms with Crippen molar-refractivity contribution in [3.8, 4) is 5.75 Å². The Morgan fingerprint density at radius 1 is 1.29 bits per heavy atom. The lowest BCUT2D eigenvalue weighted by Crippen LogP contribution is -2.52. The minimum Gasteiger partial charge on any atom is -0.497 e. The molecule has 0 amide bonds. The molecule has 1 fully saturated rings. The van der Waals surface area contributed by atoms with E-state index < -0.39 is 26.5 Å². The van der Waals surface area contributed by atoms with Gasteiger partial charge in [-0.1, -0.05) is 6.07 Å². The highest BCUT2D eigenvalue weighted by molar-refractivity contribution is 7.93. The van der Waals surface area contributed by atoms with Crippen molar-refractivity contribution in [3.05, 3.63) is 24.3 Å². The van der Waals surface area contributed by atoms with E-state index in [9.17, 15) is 18.0 Å². The van der Waals surface area contributed by atoms with Crippen molar-refractivity contribution in [2.24, 2.45) is 5.92 Å². The van der Waals surface area contributed by atoms with Gasteiger partial charge in [-0.2, -0.15) is 0 Å². The van der Waals surface area contributed by atoms with E-state index in [1.807, 2.05) is 0 Å². The van der Waals surface area contributed by atoms with Crippen molar-refractivity contribution in [1.82, 2.24) is 0 Å². The van der Waals surface area contributed by atoms with Gasteiger partial charge in [-0.3, -0.25) is 9.59 Å². The predicted octanol–water partition coefficient (Wildman–Crippen LogP) is 2.16. The molecule has 0 spiro atoms. The topological polar surface area (TPSA) is 86.7 Å². The third kappa shape index (κ3) is 3.05. The highest BCUT2D eigenvalue weighted by Crippen LogP contribution is 2.41. The number of rotatable bonds is 5. The van der Waals surface area contributed by atoms with Crippen LogP contribution in [-0.4, -0.2) is 39.1 Å². The van der Waals surface area contributed by atoms with Crippen molar-refractivity contribution >= 4 is 21.6 Å². The average Bonchev–Trinajstić information content (AvgIpc) is 2.60. The summed E-state index contributed by atoms with van der Waals surface area (Å²) in [6.07, 6.45) is 1.55. The highest BCUT2D eigenvalue weighted by Gasteiger charge is 2.54. The Morgan fingerprint density at radius 2 is 2.00 bits per heavy atom. The maximum absolute atomic E-state index is 13.3. The summed E-state index contributed by atoms with van der Waals surface area (Å²) in [5.74, 6) is -1.10. The smallest absolute Gasteiger partial charge is 0.327 e. The first-order chi connectivity index (χ1) is 11.3. The van der Waals surface area contributed by atoms with Crippen LogP contribution in [0.1, 0.15) is 32.6 Å². The van der Waals surface area contributed by atoms with Crippen molar-refractivity contribution in [1.29, 1.82) is 0 Å². The normalized spacial score (nSPS) is 21.0. The molecule has 0 aromatic heterocycles. The zero-order chi connectivity index (χ0) is 18.0. The molecule has 2 unspecified atom stereocenters. The number of hydrogen-bond donors (Lipinski definition) is 0. The third-order valence-corrected chi connectivity index (χ3v) is 7.25. The summed E-state index contributed by atoms with van der Waals surface area (Å²) in [5, 5.41) is 0. The van der Waals surface area contributed by atoms with Crippen LogP contribution in [0.3, 0.4) is 0 Å². The Balaban J connectivity index is 2.57. The molecule has 0 bridgehead atoms. The molecule has 1 saturated carbocycles. The largest absolute Gasteiger partial charge is 0.497 e. The van der Waals surface area contributed by atoms with Gasteiger partial charge in [0.1, 0.15) is 11.5 Å². The van der Waals surface area contributed by atoms with Crippen molar-refractivity contribution in [2.75, 3.05) is 14.2 Å². The fourth-order valence-electron chi connectivity index (χ4n) is 3.21. The van der Waals surface area contributed by atoms with Gasteiger partial charge < -0.3 is 9.47 Å². The van der Waals surface area contributed by atoms with Crippen LogP contribution in [0.5, 0.6) is 5.75 Å². The van der Waals surface area contributed by atoms with E-state index in [1.165, 1.54) is 26.2 Å². The van der Waals surface area contributed by atoms with Crippen molar-refractivity contribution in [3.63, 3.8) is 0 Å². The quantitative estimate of drug-likeness (QED) is 0.753. The lowest BCUT2D eigenvalue weighted by molar-refractivity contribution is -0.145. The van der Waals surface area contributed by atoms with Gasteiger partial charge in [-0.25, -0.2) is 8.42 Å². The fourth-order valence-corrected chi connectivity index (χ4v) is 5.17. The molecule has 0 saturated heterocycles. The second-order valence-electron chi connectivity index (χ2n) is 6.11. The maximum atomic E-state index is 13.3. The zero-order valence-corrected chi connectivity index (χ0v) is 14.9. The van der Waals surface area contributed by atoms with Gasteiger partial charge in [-0.05, 0) is 43.9 Å². The molecule has 0 radical (unpaired) electrons. The Bertz CT molecular complexity index is 739. The van der Waals surface area contributed by atoms with Crippen LogP contribution in [0.25, 0.3) is 0 Å². The maximum Gasteiger partial charge on any atom is 0.327 e. The standard InChI is InChI=1S/C17H22O6S/c1-17(16(19)23-3,12-6-4-7-13(18)10-12)24(20,21)15-9-5-8-14(11-15)22-2/h5,8-9,11-12H,4,6-7,10H2,1-3H3. The third-order valence-electron chi connectivity index (χ3n) is 4.76. The summed E-state index contributed by atoms with van der Waals surface area (Å²) in [7, 11) is -1.48. The number of carbonyl (C=O) groups excluding carboxylic acids is 2. The minimum absolute atomic E-state index is 0.0206. The van der Waals surface area contributed by atoms with Crippen LogP contribution in [0.2, 0.25) is 0 Å². The number of esters is 1. The molecule has 1 aliphatic carbocycles. The second-order valence-corrected chi connectivity index (χ2v) is 8.44. The highest BCUT2D eigenvalue weighted by atomic mass is 32.2. The van der Waals surface area contributed by atoms with Crippen molar-refractivity contribution < 1.29 is 27.5 Å². The Labute approximate surface area is 142 Å². The monoisotopic (exact) mass is 354 g/mol. The molecule has 0 aliphatic heterocycles. The molecular weight excluding hydrogens is 332 g/mol. The lowest BCUT2D eigenvalue weighted by Gasteiger charge is -2.36. The van der Waals surface area contributed by atoms with Gasteiger partial charge in [0.05, 0.1) is 19.1 Å². The molecule has 2 atom stereocenters. The van der Waals surface area contributed by atoms with Crippen LogP contribution in [0.15, 0.2) is 29.2 Å². The summed E-state index contributed by atoms with van der Waals surface area (Å²) >= 11 is 0. The molecular formula is C17H22O6S. The van der Waals surface area contributed by atoms with Crippen LogP contribution < -0.4 is 4.74 Å². The molecule has 2 rings (SSSR count). The van der Waals surface area contributed by atoms with Crippen molar-refractivity contribution in [2.45, 2.75) is 42.2 Å². The zero-order valence-electron chi connectivity index (χ0n) is 14.1. The lowest BCUT2D eigenvalue weighted by atomic mass is 9.79. The van der Waals surface area contributed by atoms with Crippen LogP contribution >= 0.6 is 0 Å². The number of Topliss-reactive ketones (excluding diaryl/α,β-unsaturated/α-hetero) is 1. The van der Waals surface area contributed by atoms with Gasteiger partial charge in [0, 0.05) is 12.8 Å². The second kappa shape index (κ2) is 6.93. The summed E-state index contributed by atoms with van der Waals surface area (Å²) < 4.78 is 34.6. The van der Waals surface area contributed by atoms with E-state index in [-0.39, 0.29) is 17.1 Å². The molecule has 0 N–H and O–H groups in total. The first-order valence-corrected chi connectivity index (χ1v) is 9.24. The molecule has 24 heavy (non-hydrogen) atoms. The average molecular weight is 354 g/mol. The van der Waals surface area contributed by atoms with E-state index in [0.717, 1.165) is 7.11 Å². The van der Waals surface area contributed by atoms with Crippen LogP contribution in [-0.2, 0) is 24.2 Å². The number of carbonyl (C=O) groups is 2. The molecule has 1 aliphatic rings. The molecule has 6 nitrogen and oxygen atoms in total. The van der Waals surface area contributed by atoms with Gasteiger partial charge in [-0.15, -0.1) is 0 Å². The van der Waals surface area contributed by atoms with Crippen LogP contribution in [0, 0.1) is 5.92 Å². The number of benzene rings is 1. The van der Waals surface area contributed by atoms with Gasteiger partial charge >= 0.3 is 5.97 Å². The minimum atomic E-state index is -4.07. The summed E-state index contributed by atoms with van der Waals surface area (Å²) in [4.78, 5) is 24.3. The Kier molecular flexibility index (Phi) is 5.32. The number of ketones is 1. The molecule has 132 valence electrons. The van der Waals surface area contributed by atoms with E-state index in [4.69, 9.17) is 9.47 Å². The van der Waals surface area contributed by atoms with Gasteiger partial charge in [0.15, 0.2) is 14.6 Å².